The standard InChI is InChI=1S/C15H28N4/c1-12(2)18(4)10-9-16-15-17-13(3)11-19(15)14-7-5-6-8-14/h11-12,14H,5-10H2,1-4H3,(H,16,17). The molecule has 4 nitrogen and oxygen atoms in total. The first-order chi connectivity index (χ1) is 9.08. The quantitative estimate of drug-likeness (QED) is 0.857. The van der Waals surface area contributed by atoms with Gasteiger partial charge in [-0.15, -0.1) is 0 Å². The van der Waals surface area contributed by atoms with Gasteiger partial charge in [0.1, 0.15) is 0 Å². The molecule has 0 spiro atoms. The van der Waals surface area contributed by atoms with Crippen molar-refractivity contribution in [2.45, 2.75) is 58.5 Å². The number of anilines is 1. The normalized spacial score (nSPS) is 16.7. The molecule has 1 N–H and O–H groups in total. The van der Waals surface area contributed by atoms with Crippen LogP contribution in [0.5, 0.6) is 0 Å². The number of likely N-dealkylation sites (N-methyl/N-ethyl adjacent to an activating group) is 1. The molecule has 1 aliphatic rings. The summed E-state index contributed by atoms with van der Waals surface area (Å²) in [6.45, 7) is 8.54. The first-order valence-electron chi connectivity index (χ1n) is 7.57. The zero-order valence-electron chi connectivity index (χ0n) is 12.8. The van der Waals surface area contributed by atoms with Gasteiger partial charge in [-0.1, -0.05) is 12.8 Å². The van der Waals surface area contributed by atoms with Crippen LogP contribution in [0.3, 0.4) is 0 Å². The molecule has 4 heteroatoms. The fraction of sp³-hybridized carbons (Fsp3) is 0.800. The van der Waals surface area contributed by atoms with Crippen molar-refractivity contribution >= 4 is 5.95 Å². The fourth-order valence-corrected chi connectivity index (χ4v) is 2.71. The van der Waals surface area contributed by atoms with E-state index in [1.165, 1.54) is 25.7 Å². The molecule has 0 bridgehead atoms. The van der Waals surface area contributed by atoms with E-state index in [0.717, 1.165) is 24.7 Å². The summed E-state index contributed by atoms with van der Waals surface area (Å²) in [7, 11) is 2.17. The molecule has 0 aliphatic heterocycles. The van der Waals surface area contributed by atoms with Gasteiger partial charge in [0.25, 0.3) is 0 Å². The lowest BCUT2D eigenvalue weighted by atomic mass is 10.2. The zero-order valence-corrected chi connectivity index (χ0v) is 12.8. The van der Waals surface area contributed by atoms with E-state index in [0.29, 0.717) is 12.1 Å². The third-order valence-electron chi connectivity index (χ3n) is 4.20. The highest BCUT2D eigenvalue weighted by Gasteiger charge is 2.20. The molecule has 1 saturated carbocycles. The average molecular weight is 264 g/mol. The first kappa shape index (κ1) is 14.4. The van der Waals surface area contributed by atoms with Gasteiger partial charge in [0.05, 0.1) is 5.69 Å². The maximum atomic E-state index is 4.63. The second kappa shape index (κ2) is 6.42. The minimum atomic E-state index is 0.595. The molecular formula is C15H28N4. The number of hydrogen-bond acceptors (Lipinski definition) is 3. The Morgan fingerprint density at radius 3 is 2.74 bits per heavy atom. The Kier molecular flexibility index (Phi) is 4.86. The molecule has 0 unspecified atom stereocenters. The Hall–Kier alpha value is -1.03. The van der Waals surface area contributed by atoms with Crippen LogP contribution in [0.15, 0.2) is 6.20 Å². The van der Waals surface area contributed by atoms with Gasteiger partial charge in [-0.05, 0) is 40.7 Å². The van der Waals surface area contributed by atoms with Crippen LogP contribution in [0.1, 0.15) is 51.3 Å². The van der Waals surface area contributed by atoms with E-state index in [1.807, 2.05) is 0 Å². The molecule has 108 valence electrons. The molecule has 0 aromatic carbocycles. The minimum absolute atomic E-state index is 0.595. The second-order valence-corrected chi connectivity index (χ2v) is 6.05. The molecule has 0 atom stereocenters. The van der Waals surface area contributed by atoms with Crippen LogP contribution in [0.25, 0.3) is 0 Å². The lowest BCUT2D eigenvalue weighted by molar-refractivity contribution is 0.284. The van der Waals surface area contributed by atoms with Crippen LogP contribution in [0.2, 0.25) is 0 Å². The summed E-state index contributed by atoms with van der Waals surface area (Å²) in [6.07, 6.45) is 7.52. The predicted molar refractivity (Wildman–Crippen MR) is 80.7 cm³/mol. The minimum Gasteiger partial charge on any atom is -0.354 e. The molecule has 0 radical (unpaired) electrons. The van der Waals surface area contributed by atoms with Crippen LogP contribution >= 0.6 is 0 Å². The number of nitrogens with one attached hydrogen (secondary N) is 1. The molecule has 1 heterocycles. The van der Waals surface area contributed by atoms with Crippen molar-refractivity contribution in [3.8, 4) is 0 Å². The van der Waals surface area contributed by atoms with Crippen molar-refractivity contribution in [1.29, 1.82) is 0 Å². The van der Waals surface area contributed by atoms with E-state index in [-0.39, 0.29) is 0 Å². The highest BCUT2D eigenvalue weighted by molar-refractivity contribution is 5.29. The van der Waals surface area contributed by atoms with Crippen LogP contribution < -0.4 is 5.32 Å². The number of aromatic nitrogens is 2. The summed E-state index contributed by atoms with van der Waals surface area (Å²) in [4.78, 5) is 6.98. The highest BCUT2D eigenvalue weighted by atomic mass is 15.2. The van der Waals surface area contributed by atoms with Crippen molar-refractivity contribution in [2.24, 2.45) is 0 Å². The van der Waals surface area contributed by atoms with Crippen molar-refractivity contribution < 1.29 is 0 Å². The Labute approximate surface area is 117 Å². The maximum absolute atomic E-state index is 4.63. The van der Waals surface area contributed by atoms with Crippen LogP contribution in [-0.4, -0.2) is 40.6 Å². The number of hydrogen-bond donors (Lipinski definition) is 1. The Morgan fingerprint density at radius 2 is 2.11 bits per heavy atom. The van der Waals surface area contributed by atoms with E-state index in [2.05, 4.69) is 53.8 Å². The van der Waals surface area contributed by atoms with Gasteiger partial charge in [0, 0.05) is 31.4 Å². The van der Waals surface area contributed by atoms with E-state index >= 15 is 0 Å². The first-order valence-corrected chi connectivity index (χ1v) is 7.57. The van der Waals surface area contributed by atoms with Crippen molar-refractivity contribution in [1.82, 2.24) is 14.5 Å². The summed E-state index contributed by atoms with van der Waals surface area (Å²) in [5.74, 6) is 1.06. The van der Waals surface area contributed by atoms with Crippen molar-refractivity contribution in [2.75, 3.05) is 25.5 Å². The van der Waals surface area contributed by atoms with Gasteiger partial charge in [-0.25, -0.2) is 4.98 Å². The Balaban J connectivity index is 1.92. The lowest BCUT2D eigenvalue weighted by Crippen LogP contribution is -2.31. The third-order valence-corrected chi connectivity index (χ3v) is 4.20. The molecule has 1 aromatic rings. The Bertz CT molecular complexity index is 391. The third kappa shape index (κ3) is 3.72. The molecule has 1 aliphatic carbocycles. The maximum Gasteiger partial charge on any atom is 0.203 e. The smallest absolute Gasteiger partial charge is 0.203 e. The molecule has 1 fully saturated rings. The molecule has 2 rings (SSSR count). The van der Waals surface area contributed by atoms with Gasteiger partial charge in [-0.2, -0.15) is 0 Å². The molecule has 19 heavy (non-hydrogen) atoms. The van der Waals surface area contributed by atoms with Crippen LogP contribution in [-0.2, 0) is 0 Å². The number of nitrogens with zero attached hydrogens (tertiary/aromatic N) is 3. The van der Waals surface area contributed by atoms with E-state index < -0.39 is 0 Å². The summed E-state index contributed by atoms with van der Waals surface area (Å²) in [5.41, 5.74) is 1.12. The monoisotopic (exact) mass is 264 g/mol. The average Bonchev–Trinajstić information content (AvgIpc) is 2.97. The number of imidazole rings is 1. The van der Waals surface area contributed by atoms with Gasteiger partial charge in [0.2, 0.25) is 5.95 Å². The zero-order chi connectivity index (χ0) is 13.8. The largest absolute Gasteiger partial charge is 0.354 e. The summed E-state index contributed by atoms with van der Waals surface area (Å²) in [5, 5.41) is 3.51. The summed E-state index contributed by atoms with van der Waals surface area (Å²) < 4.78 is 2.36. The van der Waals surface area contributed by atoms with Crippen LogP contribution in [0, 0.1) is 6.92 Å². The topological polar surface area (TPSA) is 33.1 Å². The predicted octanol–water partition coefficient (Wildman–Crippen LogP) is 3.06. The van der Waals surface area contributed by atoms with Gasteiger partial charge >= 0.3 is 0 Å². The number of aryl methyl sites for hydroxylation is 1. The fourth-order valence-electron chi connectivity index (χ4n) is 2.71. The molecule has 1 aromatic heterocycles. The van der Waals surface area contributed by atoms with E-state index in [1.54, 1.807) is 0 Å². The second-order valence-electron chi connectivity index (χ2n) is 6.05. The van der Waals surface area contributed by atoms with E-state index in [4.69, 9.17) is 0 Å². The van der Waals surface area contributed by atoms with Gasteiger partial charge in [0.15, 0.2) is 0 Å². The van der Waals surface area contributed by atoms with Gasteiger partial charge < -0.3 is 14.8 Å². The highest BCUT2D eigenvalue weighted by Crippen LogP contribution is 2.31. The van der Waals surface area contributed by atoms with Crippen LogP contribution in [0.4, 0.5) is 5.95 Å². The van der Waals surface area contributed by atoms with Gasteiger partial charge in [-0.3, -0.25) is 0 Å². The van der Waals surface area contributed by atoms with Crippen molar-refractivity contribution in [3.63, 3.8) is 0 Å². The number of rotatable bonds is 6. The molecule has 0 amide bonds. The lowest BCUT2D eigenvalue weighted by Gasteiger charge is -2.22. The van der Waals surface area contributed by atoms with E-state index in [9.17, 15) is 0 Å². The summed E-state index contributed by atoms with van der Waals surface area (Å²) in [6, 6.07) is 1.25. The summed E-state index contributed by atoms with van der Waals surface area (Å²) >= 11 is 0. The Morgan fingerprint density at radius 1 is 1.42 bits per heavy atom. The molecular weight excluding hydrogens is 236 g/mol. The molecule has 0 saturated heterocycles. The SMILES string of the molecule is Cc1cn(C2CCCC2)c(NCCN(C)C(C)C)n1. The van der Waals surface area contributed by atoms with Crippen molar-refractivity contribution in [3.05, 3.63) is 11.9 Å².